The first-order valence-corrected chi connectivity index (χ1v) is 10.9. The van der Waals surface area contributed by atoms with E-state index in [0.717, 1.165) is 38.6 Å². The second-order valence-electron chi connectivity index (χ2n) is 8.61. The third-order valence-corrected chi connectivity index (χ3v) is 6.95. The molecule has 3 rings (SSSR count). The first-order chi connectivity index (χ1) is 13.1. The Bertz CT molecular complexity index is 597. The molecule has 1 aliphatic heterocycles. The van der Waals surface area contributed by atoms with E-state index in [0.29, 0.717) is 0 Å². The van der Waals surface area contributed by atoms with Crippen molar-refractivity contribution in [1.82, 2.24) is 4.90 Å². The van der Waals surface area contributed by atoms with Crippen LogP contribution < -0.4 is 4.90 Å². The summed E-state index contributed by atoms with van der Waals surface area (Å²) in [4.78, 5) is 4.84. The standard InChI is InChI=1S/C24H38N2O/c1-5-24(25(3)4,19-21-9-7-6-8-10-21)20(2)22-11-13-23(14-12-22)26-15-17-27-18-16-26/h11-14,21H,2,5-10,15-19H2,1,3-4H3. The van der Waals surface area contributed by atoms with Gasteiger partial charge in [0.05, 0.1) is 13.2 Å². The number of likely N-dealkylation sites (N-methyl/N-ethyl adjacent to an activating group) is 1. The minimum atomic E-state index is 0.0580. The molecule has 3 heteroatoms. The predicted octanol–water partition coefficient (Wildman–Crippen LogP) is 5.22. The number of morpholine rings is 1. The second-order valence-corrected chi connectivity index (χ2v) is 8.61. The topological polar surface area (TPSA) is 15.7 Å². The normalized spacial score (nSPS) is 21.3. The number of anilines is 1. The Morgan fingerprint density at radius 3 is 2.30 bits per heavy atom. The maximum Gasteiger partial charge on any atom is 0.0642 e. The van der Waals surface area contributed by atoms with Gasteiger partial charge in [-0.1, -0.05) is 57.7 Å². The predicted molar refractivity (Wildman–Crippen MR) is 116 cm³/mol. The van der Waals surface area contributed by atoms with Crippen molar-refractivity contribution in [3.05, 3.63) is 36.4 Å². The molecule has 1 saturated carbocycles. The Balaban J connectivity index is 1.78. The van der Waals surface area contributed by atoms with Crippen molar-refractivity contribution in [1.29, 1.82) is 0 Å². The van der Waals surface area contributed by atoms with Crippen LogP contribution in [0.25, 0.3) is 5.57 Å². The highest BCUT2D eigenvalue weighted by Gasteiger charge is 2.37. The van der Waals surface area contributed by atoms with Crippen LogP contribution in [0.4, 0.5) is 5.69 Å². The van der Waals surface area contributed by atoms with Crippen molar-refractivity contribution in [3.63, 3.8) is 0 Å². The molecule has 150 valence electrons. The monoisotopic (exact) mass is 370 g/mol. The summed E-state index contributed by atoms with van der Waals surface area (Å²) in [5, 5.41) is 0. The summed E-state index contributed by atoms with van der Waals surface area (Å²) in [5.41, 5.74) is 3.93. The van der Waals surface area contributed by atoms with E-state index in [9.17, 15) is 0 Å². The number of rotatable bonds is 7. The second kappa shape index (κ2) is 9.25. The summed E-state index contributed by atoms with van der Waals surface area (Å²) in [6, 6.07) is 9.09. The molecule has 1 saturated heterocycles. The Hall–Kier alpha value is -1.32. The number of hydrogen-bond acceptors (Lipinski definition) is 3. The summed E-state index contributed by atoms with van der Waals surface area (Å²) in [5.74, 6) is 0.838. The lowest BCUT2D eigenvalue weighted by molar-refractivity contribution is 0.122. The van der Waals surface area contributed by atoms with Gasteiger partial charge in [0.25, 0.3) is 0 Å². The molecule has 1 atom stereocenters. The summed E-state index contributed by atoms with van der Waals surface area (Å²) in [6.07, 6.45) is 9.34. The Labute approximate surface area is 166 Å². The van der Waals surface area contributed by atoms with Crippen LogP contribution in [0.1, 0.15) is 57.4 Å². The Kier molecular flexibility index (Phi) is 6.99. The van der Waals surface area contributed by atoms with Crippen molar-refractivity contribution >= 4 is 11.3 Å². The van der Waals surface area contributed by atoms with Gasteiger partial charge in [-0.2, -0.15) is 0 Å². The largest absolute Gasteiger partial charge is 0.378 e. The first-order valence-electron chi connectivity index (χ1n) is 10.9. The van der Waals surface area contributed by atoms with Gasteiger partial charge in [0.2, 0.25) is 0 Å². The molecule has 0 radical (unpaired) electrons. The van der Waals surface area contributed by atoms with E-state index in [2.05, 4.69) is 61.7 Å². The van der Waals surface area contributed by atoms with E-state index >= 15 is 0 Å². The molecule has 0 aromatic heterocycles. The number of ether oxygens (including phenoxy) is 1. The molecule has 0 bridgehead atoms. The Morgan fingerprint density at radius 1 is 1.11 bits per heavy atom. The molecule has 0 amide bonds. The first kappa shape index (κ1) is 20.4. The SMILES string of the molecule is C=C(c1ccc(N2CCOCC2)cc1)C(CC)(CC1CCCCC1)N(C)C. The number of nitrogens with zero attached hydrogens (tertiary/aromatic N) is 2. The zero-order valence-electron chi connectivity index (χ0n) is 17.7. The third kappa shape index (κ3) is 4.57. The number of benzene rings is 1. The zero-order chi connectivity index (χ0) is 19.3. The van der Waals surface area contributed by atoms with Crippen LogP contribution >= 0.6 is 0 Å². The van der Waals surface area contributed by atoms with Crippen LogP contribution in [-0.4, -0.2) is 50.8 Å². The van der Waals surface area contributed by atoms with Gasteiger partial charge in [-0.3, -0.25) is 4.90 Å². The summed E-state index contributed by atoms with van der Waals surface area (Å²) < 4.78 is 5.48. The fourth-order valence-corrected chi connectivity index (χ4v) is 5.08. The maximum atomic E-state index is 5.48. The minimum Gasteiger partial charge on any atom is -0.378 e. The maximum absolute atomic E-state index is 5.48. The summed E-state index contributed by atoms with van der Waals surface area (Å²) in [6.45, 7) is 10.6. The highest BCUT2D eigenvalue weighted by Crippen LogP contribution is 2.42. The van der Waals surface area contributed by atoms with Gasteiger partial charge in [-0.15, -0.1) is 0 Å². The van der Waals surface area contributed by atoms with Crippen LogP contribution in [0.2, 0.25) is 0 Å². The van der Waals surface area contributed by atoms with Gasteiger partial charge in [0.1, 0.15) is 0 Å². The van der Waals surface area contributed by atoms with Gasteiger partial charge in [0, 0.05) is 24.3 Å². The van der Waals surface area contributed by atoms with Crippen LogP contribution in [0, 0.1) is 5.92 Å². The minimum absolute atomic E-state index is 0.0580. The molecule has 1 unspecified atom stereocenters. The summed E-state index contributed by atoms with van der Waals surface area (Å²) >= 11 is 0. The lowest BCUT2D eigenvalue weighted by atomic mass is 9.72. The van der Waals surface area contributed by atoms with E-state index in [1.54, 1.807) is 0 Å². The van der Waals surface area contributed by atoms with Gasteiger partial charge < -0.3 is 9.64 Å². The van der Waals surface area contributed by atoms with E-state index in [-0.39, 0.29) is 5.54 Å². The molecule has 0 spiro atoms. The van der Waals surface area contributed by atoms with Crippen molar-refractivity contribution in [2.45, 2.75) is 57.4 Å². The molecule has 27 heavy (non-hydrogen) atoms. The molecule has 1 aliphatic carbocycles. The summed E-state index contributed by atoms with van der Waals surface area (Å²) in [7, 11) is 4.47. The molecule has 0 N–H and O–H groups in total. The van der Waals surface area contributed by atoms with Crippen LogP contribution in [0.5, 0.6) is 0 Å². The Morgan fingerprint density at radius 2 is 1.74 bits per heavy atom. The van der Waals surface area contributed by atoms with Crippen molar-refractivity contribution in [3.8, 4) is 0 Å². The quantitative estimate of drug-likeness (QED) is 0.655. The highest BCUT2D eigenvalue weighted by molar-refractivity contribution is 5.72. The molecular formula is C24H38N2O. The molecule has 3 nitrogen and oxygen atoms in total. The lowest BCUT2D eigenvalue weighted by Crippen LogP contribution is -2.46. The lowest BCUT2D eigenvalue weighted by Gasteiger charge is -2.44. The molecule has 1 heterocycles. The molecule has 1 aromatic carbocycles. The van der Waals surface area contributed by atoms with Crippen LogP contribution in [0.15, 0.2) is 30.8 Å². The average molecular weight is 371 g/mol. The highest BCUT2D eigenvalue weighted by atomic mass is 16.5. The fourth-order valence-electron chi connectivity index (χ4n) is 5.08. The number of hydrogen-bond donors (Lipinski definition) is 0. The third-order valence-electron chi connectivity index (χ3n) is 6.95. The van der Waals surface area contributed by atoms with Gasteiger partial charge in [0.15, 0.2) is 0 Å². The smallest absolute Gasteiger partial charge is 0.0642 e. The van der Waals surface area contributed by atoms with Gasteiger partial charge in [-0.25, -0.2) is 0 Å². The van der Waals surface area contributed by atoms with Gasteiger partial charge >= 0.3 is 0 Å². The van der Waals surface area contributed by atoms with E-state index in [1.165, 1.54) is 55.3 Å². The average Bonchev–Trinajstić information content (AvgIpc) is 2.73. The van der Waals surface area contributed by atoms with Crippen LogP contribution in [-0.2, 0) is 4.74 Å². The fraction of sp³-hybridized carbons (Fsp3) is 0.667. The van der Waals surface area contributed by atoms with Gasteiger partial charge in [-0.05, 0) is 56.1 Å². The molecular weight excluding hydrogens is 332 g/mol. The van der Waals surface area contributed by atoms with E-state index in [1.807, 2.05) is 0 Å². The van der Waals surface area contributed by atoms with E-state index < -0.39 is 0 Å². The van der Waals surface area contributed by atoms with E-state index in [4.69, 9.17) is 4.74 Å². The molecule has 2 fully saturated rings. The van der Waals surface area contributed by atoms with Crippen LogP contribution in [0.3, 0.4) is 0 Å². The van der Waals surface area contributed by atoms with Crippen molar-refractivity contribution < 1.29 is 4.74 Å². The molecule has 1 aromatic rings. The molecule has 2 aliphatic rings. The van der Waals surface area contributed by atoms with Crippen molar-refractivity contribution in [2.24, 2.45) is 5.92 Å². The zero-order valence-corrected chi connectivity index (χ0v) is 17.7. The van der Waals surface area contributed by atoms with Crippen molar-refractivity contribution in [2.75, 3.05) is 45.3 Å².